The van der Waals surface area contributed by atoms with Crippen molar-refractivity contribution in [2.75, 3.05) is 14.2 Å². The first-order valence-corrected chi connectivity index (χ1v) is 11.1. The maximum atomic E-state index is 12.5. The molecule has 53 heavy (non-hydrogen) atoms. The van der Waals surface area contributed by atoms with Crippen molar-refractivity contribution in [3.8, 4) is 0 Å². The molecule has 1 aliphatic carbocycles. The fourth-order valence-electron chi connectivity index (χ4n) is 3.89. The highest BCUT2D eigenvalue weighted by atomic mass is 16.5. The third-order valence-electron chi connectivity index (χ3n) is 6.34. The van der Waals surface area contributed by atoms with Crippen LogP contribution in [0.4, 0.5) is 0 Å². The summed E-state index contributed by atoms with van der Waals surface area (Å²) < 4.78 is 10.4. The SMILES string of the molecule is C.C.C.C.C.C.C.C.C.C.C.C.C.C.C.C.C.C.C.C.C.C.C.C.CCC(C)CCC/C(C)=C/CC/C(C)=C/C[C@@H]1[C@@H](C)C(=O)C(OC)=C(OC)[C@@H]1O. The molecule has 1 aliphatic rings. The number of hydrogen-bond acceptors (Lipinski definition) is 4. The Morgan fingerprint density at radius 2 is 1.00 bits per heavy atom. The largest absolute Gasteiger partial charge is 0.494 e. The average molecular weight is 792 g/mol. The lowest BCUT2D eigenvalue weighted by atomic mass is 9.77. The van der Waals surface area contributed by atoms with Crippen LogP contribution in [0.5, 0.6) is 0 Å². The second-order valence-electron chi connectivity index (χ2n) is 8.64. The topological polar surface area (TPSA) is 55.8 Å². The molecule has 4 atom stereocenters. The molecule has 4 nitrogen and oxygen atoms in total. The molecule has 0 heterocycles. The van der Waals surface area contributed by atoms with Crippen LogP contribution in [0.25, 0.3) is 0 Å². The highest BCUT2D eigenvalue weighted by Gasteiger charge is 2.42. The Labute approximate surface area is 355 Å². The number of aliphatic hydroxyl groups is 1. The van der Waals surface area contributed by atoms with Gasteiger partial charge >= 0.3 is 0 Å². The van der Waals surface area contributed by atoms with Crippen molar-refractivity contribution >= 4 is 5.78 Å². The first kappa shape index (κ1) is 174. The van der Waals surface area contributed by atoms with Crippen LogP contribution in [0.2, 0.25) is 0 Å². The molecular formula is C49H138O4. The van der Waals surface area contributed by atoms with Crippen LogP contribution >= 0.6 is 0 Å². The summed E-state index contributed by atoms with van der Waals surface area (Å²) in [6, 6.07) is 0. The number of methoxy groups -OCH3 is 2. The number of ketones is 1. The van der Waals surface area contributed by atoms with Gasteiger partial charge in [0.15, 0.2) is 5.76 Å². The highest BCUT2D eigenvalue weighted by Crippen LogP contribution is 2.35. The lowest BCUT2D eigenvalue weighted by molar-refractivity contribution is -0.128. The van der Waals surface area contributed by atoms with Crippen LogP contribution in [0.15, 0.2) is 34.8 Å². The van der Waals surface area contributed by atoms with Crippen molar-refractivity contribution in [1.82, 2.24) is 0 Å². The standard InChI is InChI=1S/C25H42O4.24CH4/c1-8-17(2)11-9-12-18(3)13-10-14-19(4)15-16-21-20(5)22(26)24(28-6)25(29-7)23(21)27;;;;;;;;;;;;;;;;;;;;;;;;/h13,15,17,20-21,23,27H,8-12,14,16H2,1-7H3;24*1H4/b18-13+,19-15+;;;;;;;;;;;;;;;;;;;;;;;;/t17?,20-,21-,23-;;;;;;;;;;;;;;;;;;;;;;;;/m1......................../s1. The van der Waals surface area contributed by atoms with Gasteiger partial charge < -0.3 is 14.6 Å². The fourth-order valence-corrected chi connectivity index (χ4v) is 3.89. The zero-order valence-electron chi connectivity index (χ0n) is 19.6. The maximum absolute atomic E-state index is 12.5. The molecule has 1 unspecified atom stereocenters. The van der Waals surface area contributed by atoms with E-state index < -0.39 is 6.10 Å². The number of carbonyl (C=O) groups is 1. The molecule has 1 rings (SSSR count). The van der Waals surface area contributed by atoms with E-state index in [1.807, 2.05) is 6.92 Å². The minimum atomic E-state index is -0.820. The Hall–Kier alpha value is -1.55. The lowest BCUT2D eigenvalue weighted by Gasteiger charge is -2.33. The van der Waals surface area contributed by atoms with Gasteiger partial charge in [-0.1, -0.05) is 235 Å². The van der Waals surface area contributed by atoms with Crippen LogP contribution in [-0.2, 0) is 14.3 Å². The van der Waals surface area contributed by atoms with Crippen molar-refractivity contribution in [3.05, 3.63) is 34.8 Å². The predicted molar refractivity (Wildman–Crippen MR) is 281 cm³/mol. The number of allylic oxidation sites excluding steroid dienone is 5. The van der Waals surface area contributed by atoms with Gasteiger partial charge in [-0.3, -0.25) is 4.79 Å². The average Bonchev–Trinajstić information content (AvgIpc) is 2.70. The van der Waals surface area contributed by atoms with E-state index in [0.717, 1.165) is 18.8 Å². The van der Waals surface area contributed by atoms with Crippen molar-refractivity contribution in [2.45, 2.75) is 264 Å². The van der Waals surface area contributed by atoms with E-state index in [-0.39, 0.29) is 207 Å². The van der Waals surface area contributed by atoms with E-state index in [1.54, 1.807) is 0 Å². The summed E-state index contributed by atoms with van der Waals surface area (Å²) >= 11 is 0. The van der Waals surface area contributed by atoms with E-state index in [2.05, 4.69) is 39.8 Å². The van der Waals surface area contributed by atoms with Gasteiger partial charge in [0, 0.05) is 11.8 Å². The number of hydrogen-bond donors (Lipinski definition) is 1. The number of aliphatic hydroxyl groups excluding tert-OH is 1. The van der Waals surface area contributed by atoms with Crippen molar-refractivity contribution < 1.29 is 19.4 Å². The summed E-state index contributed by atoms with van der Waals surface area (Å²) in [5.74, 6) is 0.646. The molecule has 0 aromatic heterocycles. The van der Waals surface area contributed by atoms with E-state index >= 15 is 0 Å². The minimum absolute atomic E-state index is 0. The van der Waals surface area contributed by atoms with Crippen LogP contribution in [0, 0.1) is 17.8 Å². The van der Waals surface area contributed by atoms with Crippen molar-refractivity contribution in [1.29, 1.82) is 0 Å². The third kappa shape index (κ3) is 57.3. The molecule has 0 fully saturated rings. The van der Waals surface area contributed by atoms with Crippen LogP contribution < -0.4 is 0 Å². The maximum Gasteiger partial charge on any atom is 0.204 e. The summed E-state index contributed by atoms with van der Waals surface area (Å²) in [5.41, 5.74) is 2.77. The number of Topliss-reactive ketones (excluding diaryl/α,β-unsaturated/α-hetero) is 1. The third-order valence-corrected chi connectivity index (χ3v) is 6.34. The summed E-state index contributed by atoms with van der Waals surface area (Å²) in [4.78, 5) is 12.5. The molecule has 0 aromatic rings. The first-order valence-electron chi connectivity index (χ1n) is 11.1. The van der Waals surface area contributed by atoms with Gasteiger partial charge in [-0.05, 0) is 51.9 Å². The van der Waals surface area contributed by atoms with Gasteiger partial charge in [0.1, 0.15) is 6.10 Å². The monoisotopic (exact) mass is 791 g/mol. The zero-order chi connectivity index (χ0) is 22.0. The Morgan fingerprint density at radius 1 is 0.642 bits per heavy atom. The normalized spacial score (nSPS) is 13.5. The highest BCUT2D eigenvalue weighted by molar-refractivity contribution is 5.97. The molecule has 358 valence electrons. The van der Waals surface area contributed by atoms with Gasteiger partial charge in [0.25, 0.3) is 0 Å². The molecular weight excluding hydrogens is 653 g/mol. The lowest BCUT2D eigenvalue weighted by Crippen LogP contribution is -2.40. The molecule has 1 N–H and O–H groups in total. The predicted octanol–water partition coefficient (Wildman–Crippen LogP) is 21.2. The van der Waals surface area contributed by atoms with Gasteiger partial charge in [-0.2, -0.15) is 0 Å². The molecule has 0 amide bonds. The van der Waals surface area contributed by atoms with E-state index in [0.29, 0.717) is 6.42 Å². The molecule has 0 radical (unpaired) electrons. The van der Waals surface area contributed by atoms with Crippen LogP contribution in [0.1, 0.15) is 258 Å². The molecule has 0 aliphatic heterocycles. The Morgan fingerprint density at radius 3 is 1.32 bits per heavy atom. The molecule has 0 spiro atoms. The van der Waals surface area contributed by atoms with E-state index in [9.17, 15) is 9.90 Å². The van der Waals surface area contributed by atoms with Crippen LogP contribution in [0.3, 0.4) is 0 Å². The molecule has 4 heteroatoms. The smallest absolute Gasteiger partial charge is 0.204 e. The number of carbonyl (C=O) groups excluding carboxylic acids is 1. The molecule has 0 saturated heterocycles. The van der Waals surface area contributed by atoms with Crippen LogP contribution in [-0.4, -0.2) is 31.2 Å². The van der Waals surface area contributed by atoms with Gasteiger partial charge in [0.2, 0.25) is 11.5 Å². The van der Waals surface area contributed by atoms with Crippen molar-refractivity contribution in [3.63, 3.8) is 0 Å². The molecule has 0 aromatic carbocycles. The number of ether oxygens (including phenoxy) is 2. The second kappa shape index (κ2) is 92.9. The van der Waals surface area contributed by atoms with E-state index in [1.165, 1.54) is 51.0 Å². The second-order valence-corrected chi connectivity index (χ2v) is 8.64. The zero-order valence-corrected chi connectivity index (χ0v) is 19.6. The summed E-state index contributed by atoms with van der Waals surface area (Å²) in [5, 5.41) is 10.7. The van der Waals surface area contributed by atoms with Gasteiger partial charge in [0.05, 0.1) is 14.2 Å². The summed E-state index contributed by atoms with van der Waals surface area (Å²) in [6.45, 7) is 10.8. The Balaban J connectivity index is -0.0000000159. The number of rotatable bonds is 12. The van der Waals surface area contributed by atoms with Gasteiger partial charge in [-0.25, -0.2) is 0 Å². The van der Waals surface area contributed by atoms with Crippen molar-refractivity contribution in [2.24, 2.45) is 17.8 Å². The van der Waals surface area contributed by atoms with E-state index in [4.69, 9.17) is 9.47 Å². The summed E-state index contributed by atoms with van der Waals surface area (Å²) in [7, 11) is 2.91. The quantitative estimate of drug-likeness (QED) is 0.200. The first-order chi connectivity index (χ1) is 13.8. The molecule has 0 bridgehead atoms. The Kier molecular flexibility index (Phi) is 304. The summed E-state index contributed by atoms with van der Waals surface area (Å²) in [6.07, 6.45) is 11.4. The minimum Gasteiger partial charge on any atom is -0.494 e. The fraction of sp³-hybridized carbons (Fsp3) is 0.857. The van der Waals surface area contributed by atoms with Gasteiger partial charge in [-0.15, -0.1) is 0 Å². The molecule has 0 saturated carbocycles. The Bertz CT molecular complexity index is 618.